The molecule has 134 valence electrons. The van der Waals surface area contributed by atoms with Crippen molar-refractivity contribution in [2.45, 2.75) is 36.7 Å². The molecule has 1 aliphatic carbocycles. The lowest BCUT2D eigenvalue weighted by Crippen LogP contribution is -2.35. The fraction of sp³-hybridized carbons (Fsp3) is 0.294. The molecule has 1 nitrogen and oxygen atoms in total. The van der Waals surface area contributed by atoms with E-state index in [0.717, 1.165) is 19.3 Å². The number of hydrogen-bond acceptors (Lipinski definition) is 2. The summed E-state index contributed by atoms with van der Waals surface area (Å²) >= 11 is 0.505. The lowest BCUT2D eigenvalue weighted by atomic mass is 9.93. The number of halogens is 6. The highest BCUT2D eigenvalue weighted by atomic mass is 32.2. The van der Waals surface area contributed by atoms with Crippen LogP contribution in [0.5, 0.6) is 0 Å². The minimum absolute atomic E-state index is 0.0509. The van der Waals surface area contributed by atoms with Crippen LogP contribution in [0.25, 0.3) is 0 Å². The second-order valence-electron chi connectivity index (χ2n) is 5.78. The van der Waals surface area contributed by atoms with Crippen LogP contribution in [0, 0.1) is 34.9 Å². The van der Waals surface area contributed by atoms with Crippen molar-refractivity contribution < 1.29 is 26.3 Å². The maximum absolute atomic E-state index is 13.9. The molecule has 2 aromatic carbocycles. The molecule has 0 N–H and O–H groups in total. The van der Waals surface area contributed by atoms with Gasteiger partial charge in [0.15, 0.2) is 23.3 Å². The lowest BCUT2D eigenvalue weighted by Gasteiger charge is -2.36. The molecule has 0 bridgehead atoms. The highest BCUT2D eigenvalue weighted by Crippen LogP contribution is 2.39. The van der Waals surface area contributed by atoms with Crippen LogP contribution in [0.2, 0.25) is 0 Å². The summed E-state index contributed by atoms with van der Waals surface area (Å²) < 4.78 is 82.4. The molecular formula is C17H13F6NS. The molecule has 1 saturated carbocycles. The fourth-order valence-corrected chi connectivity index (χ4v) is 3.61. The van der Waals surface area contributed by atoms with Crippen LogP contribution in [-0.2, 0) is 6.54 Å². The number of rotatable bonds is 5. The number of nitrogens with zero attached hydrogens (tertiary/aromatic N) is 1. The van der Waals surface area contributed by atoms with Crippen molar-refractivity contribution in [3.05, 3.63) is 64.7 Å². The van der Waals surface area contributed by atoms with E-state index in [1.54, 1.807) is 4.31 Å². The zero-order valence-corrected chi connectivity index (χ0v) is 13.7. The van der Waals surface area contributed by atoms with Gasteiger partial charge in [-0.2, -0.15) is 0 Å². The molecule has 8 heteroatoms. The van der Waals surface area contributed by atoms with E-state index < -0.39 is 39.8 Å². The van der Waals surface area contributed by atoms with E-state index in [-0.39, 0.29) is 12.6 Å². The predicted octanol–water partition coefficient (Wildman–Crippen LogP) is 5.58. The maximum Gasteiger partial charge on any atom is 0.200 e. The number of hydrogen-bond donors (Lipinski definition) is 0. The fourth-order valence-electron chi connectivity index (χ4n) is 2.46. The zero-order valence-electron chi connectivity index (χ0n) is 12.8. The average Bonchev–Trinajstić information content (AvgIpc) is 2.55. The van der Waals surface area contributed by atoms with Gasteiger partial charge in [-0.25, -0.2) is 30.6 Å². The Kier molecular flexibility index (Phi) is 5.29. The largest absolute Gasteiger partial charge is 0.239 e. The first-order chi connectivity index (χ1) is 11.9. The van der Waals surface area contributed by atoms with E-state index in [1.807, 2.05) is 0 Å². The topological polar surface area (TPSA) is 3.24 Å². The summed E-state index contributed by atoms with van der Waals surface area (Å²) in [6, 6.07) is 5.47. The van der Waals surface area contributed by atoms with Crippen LogP contribution in [0.15, 0.2) is 29.2 Å². The Morgan fingerprint density at radius 1 is 0.800 bits per heavy atom. The van der Waals surface area contributed by atoms with Gasteiger partial charge in [-0.3, -0.25) is 0 Å². The summed E-state index contributed by atoms with van der Waals surface area (Å²) in [4.78, 5) is -0.926. The summed E-state index contributed by atoms with van der Waals surface area (Å²) in [5.41, 5.74) is 0.671. The lowest BCUT2D eigenvalue weighted by molar-refractivity contribution is 0.230. The minimum atomic E-state index is -2.17. The molecule has 25 heavy (non-hydrogen) atoms. The normalized spacial score (nSPS) is 14.8. The summed E-state index contributed by atoms with van der Waals surface area (Å²) in [5.74, 6) is -10.2. The van der Waals surface area contributed by atoms with Crippen molar-refractivity contribution >= 4 is 11.9 Å². The van der Waals surface area contributed by atoms with Crippen molar-refractivity contribution in [3.8, 4) is 0 Å². The number of benzene rings is 2. The quantitative estimate of drug-likeness (QED) is 0.290. The highest BCUT2D eigenvalue weighted by molar-refractivity contribution is 7.97. The Morgan fingerprint density at radius 2 is 1.32 bits per heavy atom. The Hall–Kier alpha value is -1.67. The summed E-state index contributed by atoms with van der Waals surface area (Å²) in [6.45, 7) is 0.190. The summed E-state index contributed by atoms with van der Waals surface area (Å²) in [5, 5.41) is 0. The van der Waals surface area contributed by atoms with Gasteiger partial charge in [0.05, 0.1) is 0 Å². The van der Waals surface area contributed by atoms with Crippen molar-refractivity contribution in [2.75, 3.05) is 0 Å². The molecule has 0 unspecified atom stereocenters. The molecule has 1 fully saturated rings. The van der Waals surface area contributed by atoms with Crippen molar-refractivity contribution in [1.29, 1.82) is 0 Å². The minimum Gasteiger partial charge on any atom is -0.239 e. The molecule has 0 aromatic heterocycles. The SMILES string of the molecule is Fc1ccc(CN(Sc2c(F)c(F)c(F)c(F)c2F)C2CCC2)cc1. The van der Waals surface area contributed by atoms with Gasteiger partial charge in [0.25, 0.3) is 0 Å². The van der Waals surface area contributed by atoms with Crippen LogP contribution in [-0.4, -0.2) is 10.3 Å². The van der Waals surface area contributed by atoms with Crippen molar-refractivity contribution in [2.24, 2.45) is 0 Å². The molecule has 0 amide bonds. The molecule has 2 aromatic rings. The van der Waals surface area contributed by atoms with Gasteiger partial charge in [-0.15, -0.1) is 0 Å². The van der Waals surface area contributed by atoms with Gasteiger partial charge in [0.2, 0.25) is 5.82 Å². The van der Waals surface area contributed by atoms with E-state index in [9.17, 15) is 26.3 Å². The molecule has 0 aliphatic heterocycles. The highest BCUT2D eigenvalue weighted by Gasteiger charge is 2.31. The standard InChI is InChI=1S/C17H13F6NS/c18-10-6-4-9(5-7-10)8-24(11-2-1-3-11)25-17-15(22)13(20)12(19)14(21)16(17)23/h4-7,11H,1-3,8H2. The molecular weight excluding hydrogens is 364 g/mol. The van der Waals surface area contributed by atoms with Crippen LogP contribution >= 0.6 is 11.9 Å². The van der Waals surface area contributed by atoms with E-state index in [2.05, 4.69) is 0 Å². The maximum atomic E-state index is 13.9. The molecule has 0 spiro atoms. The van der Waals surface area contributed by atoms with Gasteiger partial charge in [-0.05, 0) is 42.5 Å². The summed E-state index contributed by atoms with van der Waals surface area (Å²) in [6.07, 6.45) is 2.43. The first kappa shape index (κ1) is 18.1. The Labute approximate surface area is 144 Å². The second kappa shape index (κ2) is 7.29. The van der Waals surface area contributed by atoms with Crippen LogP contribution in [0.3, 0.4) is 0 Å². The molecule has 0 atom stereocenters. The Balaban J connectivity index is 1.90. The van der Waals surface area contributed by atoms with E-state index >= 15 is 0 Å². The first-order valence-electron chi connectivity index (χ1n) is 7.59. The van der Waals surface area contributed by atoms with Crippen LogP contribution in [0.1, 0.15) is 24.8 Å². The molecule has 0 radical (unpaired) electrons. The van der Waals surface area contributed by atoms with Crippen LogP contribution in [0.4, 0.5) is 26.3 Å². The van der Waals surface area contributed by atoms with Gasteiger partial charge >= 0.3 is 0 Å². The third-order valence-electron chi connectivity index (χ3n) is 4.11. The third kappa shape index (κ3) is 3.64. The van der Waals surface area contributed by atoms with E-state index in [0.29, 0.717) is 17.5 Å². The first-order valence-corrected chi connectivity index (χ1v) is 8.36. The van der Waals surface area contributed by atoms with E-state index in [4.69, 9.17) is 0 Å². The molecule has 0 saturated heterocycles. The Morgan fingerprint density at radius 3 is 1.80 bits per heavy atom. The Bertz CT molecular complexity index is 747. The van der Waals surface area contributed by atoms with Gasteiger partial charge in [-0.1, -0.05) is 18.6 Å². The van der Waals surface area contributed by atoms with Crippen molar-refractivity contribution in [3.63, 3.8) is 0 Å². The van der Waals surface area contributed by atoms with Crippen molar-refractivity contribution in [1.82, 2.24) is 4.31 Å². The summed E-state index contributed by atoms with van der Waals surface area (Å²) in [7, 11) is 0. The van der Waals surface area contributed by atoms with Gasteiger partial charge in [0.1, 0.15) is 10.7 Å². The molecule has 0 heterocycles. The average molecular weight is 377 g/mol. The second-order valence-corrected chi connectivity index (χ2v) is 6.84. The molecule has 1 aliphatic rings. The predicted molar refractivity (Wildman–Crippen MR) is 81.7 cm³/mol. The molecule has 3 rings (SSSR count). The third-order valence-corrected chi connectivity index (χ3v) is 5.31. The zero-order chi connectivity index (χ0) is 18.1. The van der Waals surface area contributed by atoms with Gasteiger partial charge in [0, 0.05) is 12.6 Å². The monoisotopic (exact) mass is 377 g/mol. The van der Waals surface area contributed by atoms with Crippen LogP contribution < -0.4 is 0 Å². The van der Waals surface area contributed by atoms with E-state index in [1.165, 1.54) is 24.3 Å². The smallest absolute Gasteiger partial charge is 0.200 e. The van der Waals surface area contributed by atoms with Gasteiger partial charge < -0.3 is 0 Å².